The molecule has 0 aromatic carbocycles. The number of nitrogens with zero attached hydrogens (tertiary/aromatic N) is 2. The number of aryl methyl sites for hydroxylation is 1. The predicted octanol–water partition coefficient (Wildman–Crippen LogP) is 2.40. The molecule has 3 rings (SSSR count). The first-order valence-corrected chi connectivity index (χ1v) is 11.7. The van der Waals surface area contributed by atoms with E-state index in [0.29, 0.717) is 25.0 Å². The highest BCUT2D eigenvalue weighted by atomic mass is 32.1. The van der Waals surface area contributed by atoms with Crippen LogP contribution in [0.3, 0.4) is 0 Å². The fourth-order valence-electron chi connectivity index (χ4n) is 4.09. The quantitative estimate of drug-likeness (QED) is 0.465. The van der Waals surface area contributed by atoms with Crippen LogP contribution in [-0.4, -0.2) is 67.5 Å². The zero-order chi connectivity index (χ0) is 20.9. The number of ether oxygens (including phenoxy) is 1. The van der Waals surface area contributed by atoms with Gasteiger partial charge in [0, 0.05) is 42.5 Å². The number of hydrogen-bond acceptors (Lipinski definition) is 5. The first-order chi connectivity index (χ1) is 13.8. The van der Waals surface area contributed by atoms with Crippen LogP contribution in [0, 0.1) is 5.41 Å². The second-order valence-electron chi connectivity index (χ2n) is 9.44. The van der Waals surface area contributed by atoms with Crippen molar-refractivity contribution in [1.82, 2.24) is 15.5 Å². The molecule has 164 valence electrons. The van der Waals surface area contributed by atoms with Crippen LogP contribution in [0.1, 0.15) is 49.4 Å². The second kappa shape index (κ2) is 9.77. The van der Waals surface area contributed by atoms with Crippen LogP contribution < -0.4 is 10.6 Å². The van der Waals surface area contributed by atoms with Gasteiger partial charge in [0.1, 0.15) is 0 Å². The van der Waals surface area contributed by atoms with Gasteiger partial charge in [-0.1, -0.05) is 13.8 Å². The lowest BCUT2D eigenvalue weighted by Gasteiger charge is -2.34. The Kier molecular flexibility index (Phi) is 7.59. The number of morpholine rings is 1. The Hall–Kier alpha value is -1.15. The van der Waals surface area contributed by atoms with Crippen molar-refractivity contribution < 1.29 is 9.84 Å². The topological polar surface area (TPSA) is 69.1 Å². The zero-order valence-corrected chi connectivity index (χ0v) is 19.3. The summed E-state index contributed by atoms with van der Waals surface area (Å²) in [6, 6.07) is 2.35. The van der Waals surface area contributed by atoms with E-state index in [9.17, 15) is 5.11 Å². The molecule has 1 fully saturated rings. The summed E-state index contributed by atoms with van der Waals surface area (Å²) in [6.07, 6.45) is 3.64. The lowest BCUT2D eigenvalue weighted by atomic mass is 9.77. The highest BCUT2D eigenvalue weighted by Gasteiger charge is 2.27. The van der Waals surface area contributed by atoms with E-state index in [4.69, 9.17) is 9.73 Å². The summed E-state index contributed by atoms with van der Waals surface area (Å²) in [5, 5.41) is 17.4. The number of aliphatic imine (C=N–C) groups is 1. The largest absolute Gasteiger partial charge is 0.387 e. The normalized spacial score (nSPS) is 22.0. The molecular formula is C22H38N4O2S. The summed E-state index contributed by atoms with van der Waals surface area (Å²) in [5.74, 6) is 0.765. The van der Waals surface area contributed by atoms with E-state index in [0.717, 1.165) is 38.8 Å². The molecule has 3 N–H and O–H groups in total. The second-order valence-corrected chi connectivity index (χ2v) is 10.7. The first kappa shape index (κ1) is 22.5. The maximum atomic E-state index is 10.8. The maximum absolute atomic E-state index is 10.8. The Morgan fingerprint density at radius 3 is 2.83 bits per heavy atom. The van der Waals surface area contributed by atoms with Crippen molar-refractivity contribution in [3.05, 3.63) is 21.4 Å². The molecule has 0 radical (unpaired) electrons. The molecule has 6 nitrogen and oxygen atoms in total. The first-order valence-electron chi connectivity index (χ1n) is 10.9. The minimum atomic E-state index is -0.818. The third-order valence-electron chi connectivity index (χ3n) is 5.69. The standard InChI is InChI=1S/C22H38N4O2S/c1-5-23-20(25-15-22(4,27)16-26-8-10-28-11-9-26)24-14-18-12-17-13-21(2,3)7-6-19(17)29-18/h12,27H,5-11,13-16H2,1-4H3,(H2,23,24,25). The van der Waals surface area contributed by atoms with Gasteiger partial charge in [-0.05, 0) is 50.2 Å². The van der Waals surface area contributed by atoms with Gasteiger partial charge in [0.2, 0.25) is 0 Å². The van der Waals surface area contributed by atoms with Crippen LogP contribution in [-0.2, 0) is 24.1 Å². The SMILES string of the molecule is CCNC(=NCc1cc2c(s1)CCC(C)(C)C2)NCC(C)(O)CN1CCOCC1. The summed E-state index contributed by atoms with van der Waals surface area (Å²) in [7, 11) is 0. The van der Waals surface area contributed by atoms with Crippen molar-refractivity contribution in [3.63, 3.8) is 0 Å². The third kappa shape index (κ3) is 6.95. The van der Waals surface area contributed by atoms with Crippen LogP contribution >= 0.6 is 11.3 Å². The fraction of sp³-hybridized carbons (Fsp3) is 0.773. The molecule has 1 aromatic heterocycles. The molecule has 1 aliphatic heterocycles. The van der Waals surface area contributed by atoms with Crippen LogP contribution in [0.25, 0.3) is 0 Å². The molecule has 0 saturated carbocycles. The summed E-state index contributed by atoms with van der Waals surface area (Å²) in [6.45, 7) is 14.5. The van der Waals surface area contributed by atoms with E-state index < -0.39 is 5.60 Å². The average Bonchev–Trinajstić information content (AvgIpc) is 3.05. The number of guanidine groups is 1. The van der Waals surface area contributed by atoms with Crippen molar-refractivity contribution in [2.45, 2.75) is 59.1 Å². The zero-order valence-electron chi connectivity index (χ0n) is 18.5. The molecule has 29 heavy (non-hydrogen) atoms. The number of rotatable bonds is 7. The minimum absolute atomic E-state index is 0.414. The van der Waals surface area contributed by atoms with Gasteiger partial charge in [0.15, 0.2) is 5.96 Å². The van der Waals surface area contributed by atoms with E-state index in [1.807, 2.05) is 18.3 Å². The molecule has 2 heterocycles. The van der Waals surface area contributed by atoms with Crippen LogP contribution in [0.2, 0.25) is 0 Å². The Bertz CT molecular complexity index is 693. The van der Waals surface area contributed by atoms with E-state index in [2.05, 4.69) is 42.4 Å². The van der Waals surface area contributed by atoms with Gasteiger partial charge in [0.25, 0.3) is 0 Å². The van der Waals surface area contributed by atoms with Crippen molar-refractivity contribution in [2.24, 2.45) is 10.4 Å². The Morgan fingerprint density at radius 1 is 1.34 bits per heavy atom. The van der Waals surface area contributed by atoms with Gasteiger partial charge in [-0.2, -0.15) is 0 Å². The van der Waals surface area contributed by atoms with E-state index in [1.54, 1.807) is 4.88 Å². The van der Waals surface area contributed by atoms with Crippen molar-refractivity contribution >= 4 is 17.3 Å². The number of hydrogen-bond donors (Lipinski definition) is 3. The van der Waals surface area contributed by atoms with E-state index in [1.165, 1.54) is 29.7 Å². The number of thiophene rings is 1. The molecule has 1 aliphatic carbocycles. The molecular weight excluding hydrogens is 384 g/mol. The number of fused-ring (bicyclic) bond motifs is 1. The molecule has 2 aliphatic rings. The molecule has 1 aromatic rings. The Labute approximate surface area is 179 Å². The van der Waals surface area contributed by atoms with Gasteiger partial charge >= 0.3 is 0 Å². The maximum Gasteiger partial charge on any atom is 0.191 e. The average molecular weight is 423 g/mol. The third-order valence-corrected chi connectivity index (χ3v) is 6.91. The van der Waals surface area contributed by atoms with Crippen LogP contribution in [0.15, 0.2) is 11.1 Å². The molecule has 0 amide bonds. The van der Waals surface area contributed by atoms with E-state index >= 15 is 0 Å². The highest BCUT2D eigenvalue weighted by Crippen LogP contribution is 2.38. The predicted molar refractivity (Wildman–Crippen MR) is 121 cm³/mol. The lowest BCUT2D eigenvalue weighted by molar-refractivity contribution is -0.0201. The summed E-state index contributed by atoms with van der Waals surface area (Å²) >= 11 is 1.91. The number of nitrogens with one attached hydrogen (secondary N) is 2. The molecule has 0 spiro atoms. The van der Waals surface area contributed by atoms with Gasteiger partial charge in [0.05, 0.1) is 25.4 Å². The number of β-amino-alcohol motifs (C(OH)–C–C–N with tert-alkyl or cyclic N) is 1. The van der Waals surface area contributed by atoms with Gasteiger partial charge in [-0.25, -0.2) is 4.99 Å². The van der Waals surface area contributed by atoms with Gasteiger partial charge in [-0.15, -0.1) is 11.3 Å². The van der Waals surface area contributed by atoms with Crippen molar-refractivity contribution in [1.29, 1.82) is 0 Å². The smallest absolute Gasteiger partial charge is 0.191 e. The molecule has 0 bridgehead atoms. The monoisotopic (exact) mass is 422 g/mol. The van der Waals surface area contributed by atoms with Crippen LogP contribution in [0.5, 0.6) is 0 Å². The summed E-state index contributed by atoms with van der Waals surface area (Å²) in [5.41, 5.74) is 1.11. The summed E-state index contributed by atoms with van der Waals surface area (Å²) < 4.78 is 5.39. The highest BCUT2D eigenvalue weighted by molar-refractivity contribution is 7.12. The Balaban J connectivity index is 1.55. The molecule has 1 saturated heterocycles. The fourth-order valence-corrected chi connectivity index (χ4v) is 5.21. The minimum Gasteiger partial charge on any atom is -0.387 e. The van der Waals surface area contributed by atoms with E-state index in [-0.39, 0.29) is 0 Å². The van der Waals surface area contributed by atoms with Crippen molar-refractivity contribution in [3.8, 4) is 0 Å². The summed E-state index contributed by atoms with van der Waals surface area (Å²) in [4.78, 5) is 9.90. The Morgan fingerprint density at radius 2 is 2.10 bits per heavy atom. The number of aliphatic hydroxyl groups is 1. The molecule has 7 heteroatoms. The van der Waals surface area contributed by atoms with Gasteiger partial charge in [-0.3, -0.25) is 4.90 Å². The lowest BCUT2D eigenvalue weighted by Crippen LogP contribution is -2.52. The molecule has 1 unspecified atom stereocenters. The van der Waals surface area contributed by atoms with Gasteiger partial charge < -0.3 is 20.5 Å². The van der Waals surface area contributed by atoms with Crippen molar-refractivity contribution in [2.75, 3.05) is 45.9 Å². The van der Waals surface area contributed by atoms with Crippen LogP contribution in [0.4, 0.5) is 0 Å². The molecule has 1 atom stereocenters.